The van der Waals surface area contributed by atoms with E-state index in [9.17, 15) is 0 Å². The van der Waals surface area contributed by atoms with Gasteiger partial charge in [0.05, 0.1) is 30.9 Å². The highest BCUT2D eigenvalue weighted by molar-refractivity contribution is 8.03. The summed E-state index contributed by atoms with van der Waals surface area (Å²) in [5, 5.41) is 1.25. The molecule has 1 aliphatic heterocycles. The van der Waals surface area contributed by atoms with E-state index < -0.39 is 0 Å². The van der Waals surface area contributed by atoms with Crippen molar-refractivity contribution in [3.05, 3.63) is 113 Å². The summed E-state index contributed by atoms with van der Waals surface area (Å²) in [6, 6.07) is 31.0. The molecule has 2 heterocycles. The first kappa shape index (κ1) is 28.4. The van der Waals surface area contributed by atoms with Crippen LogP contribution in [-0.4, -0.2) is 31.7 Å². The Hall–Kier alpha value is -2.61. The zero-order valence-corrected chi connectivity index (χ0v) is 26.0. The highest BCUT2D eigenvalue weighted by Gasteiger charge is 2.23. The minimum absolute atomic E-state index is 0. The third kappa shape index (κ3) is 6.00. The molecule has 5 rings (SSSR count). The second-order valence-electron chi connectivity index (χ2n) is 10.3. The Bertz CT molecular complexity index is 1430. The number of pyridine rings is 1. The fraction of sp³-hybridized carbons (Fsp3) is 0.242. The van der Waals surface area contributed by atoms with E-state index in [-0.39, 0.29) is 24.0 Å². The molecular weight excluding hydrogens is 597 g/mol. The molecule has 0 N–H and O–H groups in total. The molecule has 0 saturated carbocycles. The quantitative estimate of drug-likeness (QED) is 0.168. The van der Waals surface area contributed by atoms with Gasteiger partial charge in [0.25, 0.3) is 0 Å². The van der Waals surface area contributed by atoms with Crippen LogP contribution in [0.2, 0.25) is 0 Å². The van der Waals surface area contributed by atoms with E-state index in [0.717, 1.165) is 29.8 Å². The molecule has 38 heavy (non-hydrogen) atoms. The van der Waals surface area contributed by atoms with Crippen molar-refractivity contribution in [2.45, 2.75) is 32.2 Å². The number of hydrogen-bond donors (Lipinski definition) is 0. The highest BCUT2D eigenvalue weighted by Crippen LogP contribution is 2.46. The number of thioether (sulfide) groups is 1. The van der Waals surface area contributed by atoms with Crippen molar-refractivity contribution in [3.8, 4) is 16.9 Å². The lowest BCUT2D eigenvalue weighted by Gasteiger charge is -2.32. The van der Waals surface area contributed by atoms with Gasteiger partial charge in [0.2, 0.25) is 11.4 Å². The summed E-state index contributed by atoms with van der Waals surface area (Å²) < 4.78 is 3.35. The van der Waals surface area contributed by atoms with Gasteiger partial charge in [-0.3, -0.25) is 0 Å². The molecule has 0 amide bonds. The van der Waals surface area contributed by atoms with Crippen LogP contribution in [0.25, 0.3) is 23.0 Å². The van der Waals surface area contributed by atoms with E-state index >= 15 is 0 Å². The Morgan fingerprint density at radius 3 is 2.29 bits per heavy atom. The van der Waals surface area contributed by atoms with Crippen LogP contribution in [0.3, 0.4) is 0 Å². The van der Waals surface area contributed by atoms with Gasteiger partial charge in [-0.1, -0.05) is 48.2 Å². The van der Waals surface area contributed by atoms with E-state index in [2.05, 4.69) is 142 Å². The first-order valence-corrected chi connectivity index (χ1v) is 14.0. The normalized spacial score (nSPS) is 13.9. The number of halogens is 1. The molecule has 3 nitrogen and oxygen atoms in total. The molecular formula is C33H37IN3S+. The maximum absolute atomic E-state index is 2.34. The first-order valence-electron chi connectivity index (χ1n) is 13.2. The van der Waals surface area contributed by atoms with Crippen molar-refractivity contribution < 1.29 is 33.0 Å². The fourth-order valence-corrected chi connectivity index (χ4v) is 5.95. The van der Waals surface area contributed by atoms with Crippen molar-refractivity contribution in [2.75, 3.05) is 32.1 Å². The first-order chi connectivity index (χ1) is 17.9. The zero-order chi connectivity index (χ0) is 26.0. The Morgan fingerprint density at radius 1 is 0.895 bits per heavy atom. The molecule has 0 radical (unpaired) electrons. The van der Waals surface area contributed by atoms with Gasteiger partial charge in [-0.05, 0) is 62.2 Å². The number of rotatable bonds is 7. The third-order valence-electron chi connectivity index (χ3n) is 7.67. The van der Waals surface area contributed by atoms with Crippen molar-refractivity contribution in [1.82, 2.24) is 0 Å². The fourth-order valence-electron chi connectivity index (χ4n) is 4.86. The van der Waals surface area contributed by atoms with E-state index in [4.69, 9.17) is 0 Å². The molecule has 0 spiro atoms. The summed E-state index contributed by atoms with van der Waals surface area (Å²) in [5.41, 5.74) is 8.74. The number of benzene rings is 3. The second-order valence-corrected chi connectivity index (χ2v) is 11.3. The summed E-state index contributed by atoms with van der Waals surface area (Å²) in [5.74, 6) is 0. The Kier molecular flexibility index (Phi) is 9.01. The van der Waals surface area contributed by atoms with E-state index in [0.29, 0.717) is 0 Å². The van der Waals surface area contributed by atoms with Crippen LogP contribution in [0.1, 0.15) is 30.5 Å². The SMILES string of the molecule is CC[N+](C)(CC)Cc1ccc(-c2cc(C=C3Sc4ccc(C)cc4N3C)cc[n+]2-c2ccccc2)cc1.[I-]. The van der Waals surface area contributed by atoms with E-state index in [1.807, 2.05) is 11.8 Å². The van der Waals surface area contributed by atoms with Gasteiger partial charge in [-0.25, -0.2) is 0 Å². The molecule has 4 aromatic rings. The summed E-state index contributed by atoms with van der Waals surface area (Å²) in [4.78, 5) is 3.62. The average Bonchev–Trinajstić information content (AvgIpc) is 3.23. The Labute approximate surface area is 249 Å². The molecule has 5 heteroatoms. The van der Waals surface area contributed by atoms with Crippen LogP contribution in [0.15, 0.2) is 101 Å². The van der Waals surface area contributed by atoms with Gasteiger partial charge in [0, 0.05) is 47.3 Å². The third-order valence-corrected chi connectivity index (χ3v) is 8.83. The predicted octanol–water partition coefficient (Wildman–Crippen LogP) is 4.47. The summed E-state index contributed by atoms with van der Waals surface area (Å²) in [7, 11) is 4.50. The van der Waals surface area contributed by atoms with Crippen molar-refractivity contribution in [2.24, 2.45) is 0 Å². The number of quaternary nitrogens is 1. The molecule has 0 aliphatic carbocycles. The van der Waals surface area contributed by atoms with E-state index in [1.165, 1.54) is 43.6 Å². The van der Waals surface area contributed by atoms with Crippen LogP contribution in [0.4, 0.5) is 5.69 Å². The monoisotopic (exact) mass is 634 g/mol. The number of fused-ring (bicyclic) bond motifs is 1. The maximum Gasteiger partial charge on any atom is 0.219 e. The van der Waals surface area contributed by atoms with Crippen molar-refractivity contribution in [1.29, 1.82) is 0 Å². The summed E-state index contributed by atoms with van der Waals surface area (Å²) in [6.07, 6.45) is 4.50. The predicted molar refractivity (Wildman–Crippen MR) is 158 cm³/mol. The largest absolute Gasteiger partial charge is 1.00 e. The van der Waals surface area contributed by atoms with Crippen molar-refractivity contribution in [3.63, 3.8) is 0 Å². The van der Waals surface area contributed by atoms with Gasteiger partial charge < -0.3 is 33.4 Å². The van der Waals surface area contributed by atoms with Gasteiger partial charge in [0.15, 0.2) is 6.20 Å². The smallest absolute Gasteiger partial charge is 0.219 e. The number of nitrogens with zero attached hydrogens (tertiary/aromatic N) is 3. The number of para-hydroxylation sites is 1. The number of aromatic nitrogens is 1. The summed E-state index contributed by atoms with van der Waals surface area (Å²) in [6.45, 7) is 10.0. The summed E-state index contributed by atoms with van der Waals surface area (Å²) >= 11 is 1.84. The van der Waals surface area contributed by atoms with Gasteiger partial charge in [-0.2, -0.15) is 4.57 Å². The Balaban J connectivity index is 0.00000336. The second kappa shape index (κ2) is 12.1. The molecule has 1 aliphatic rings. The molecule has 0 unspecified atom stereocenters. The number of aryl methyl sites for hydroxylation is 1. The number of anilines is 1. The topological polar surface area (TPSA) is 7.12 Å². The maximum atomic E-state index is 2.34. The molecule has 0 fully saturated rings. The molecule has 3 aromatic carbocycles. The van der Waals surface area contributed by atoms with Crippen LogP contribution in [0.5, 0.6) is 0 Å². The van der Waals surface area contributed by atoms with Crippen LogP contribution >= 0.6 is 11.8 Å². The standard InChI is InChI=1S/C33H37N3S.HI/c1-6-36(5,7-2)24-26-14-16-28(17-15-26)30-22-27(19-20-35(30)29-11-9-8-10-12-29)23-33-34(4)31-21-25(3)13-18-32(31)37-33;/h8-23H,6-7,24H2,1-5H3;1H/q+2;/p-1. The minimum atomic E-state index is 0. The molecule has 0 atom stereocenters. The highest BCUT2D eigenvalue weighted by atomic mass is 127. The zero-order valence-electron chi connectivity index (χ0n) is 23.0. The van der Waals surface area contributed by atoms with E-state index in [1.54, 1.807) is 0 Å². The molecule has 0 bridgehead atoms. The van der Waals surface area contributed by atoms with Gasteiger partial charge in [-0.15, -0.1) is 0 Å². The molecule has 1 aromatic heterocycles. The van der Waals surface area contributed by atoms with Crippen LogP contribution in [-0.2, 0) is 6.54 Å². The number of hydrogen-bond acceptors (Lipinski definition) is 2. The van der Waals surface area contributed by atoms with Gasteiger partial charge in [0.1, 0.15) is 6.54 Å². The lowest BCUT2D eigenvalue weighted by molar-refractivity contribution is -0.919. The molecule has 0 saturated heterocycles. The average molecular weight is 635 g/mol. The minimum Gasteiger partial charge on any atom is -1.00 e. The van der Waals surface area contributed by atoms with Crippen molar-refractivity contribution >= 4 is 23.5 Å². The Morgan fingerprint density at radius 2 is 1.61 bits per heavy atom. The van der Waals surface area contributed by atoms with Crippen LogP contribution < -0.4 is 33.4 Å². The van der Waals surface area contributed by atoms with Gasteiger partial charge >= 0.3 is 0 Å². The lowest BCUT2D eigenvalue weighted by atomic mass is 10.0. The lowest BCUT2D eigenvalue weighted by Crippen LogP contribution is -3.00. The molecule has 196 valence electrons. The van der Waals surface area contributed by atoms with Crippen LogP contribution in [0, 0.1) is 6.92 Å².